The van der Waals surface area contributed by atoms with Crippen LogP contribution in [0.3, 0.4) is 0 Å². The number of hydrogen-bond donors (Lipinski definition) is 0. The predicted molar refractivity (Wildman–Crippen MR) is 103 cm³/mol. The van der Waals surface area contributed by atoms with E-state index in [4.69, 9.17) is 14.0 Å². The highest BCUT2D eigenvalue weighted by atomic mass is 16.5. The van der Waals surface area contributed by atoms with E-state index < -0.39 is 0 Å². The fourth-order valence-corrected chi connectivity index (χ4v) is 3.23. The van der Waals surface area contributed by atoms with Crippen molar-refractivity contribution in [1.29, 1.82) is 0 Å². The molecule has 0 bridgehead atoms. The van der Waals surface area contributed by atoms with Gasteiger partial charge in [0.1, 0.15) is 18.5 Å². The Hall–Kier alpha value is -3.19. The lowest BCUT2D eigenvalue weighted by atomic mass is 10.2. The van der Waals surface area contributed by atoms with Crippen LogP contribution < -0.4 is 4.74 Å². The number of ether oxygens (including phenoxy) is 2. The molecule has 0 radical (unpaired) electrons. The Morgan fingerprint density at radius 2 is 1.96 bits per heavy atom. The number of carbonyl (C=O) groups is 1. The summed E-state index contributed by atoms with van der Waals surface area (Å²) < 4.78 is 16.6. The molecule has 0 aliphatic carbocycles. The van der Waals surface area contributed by atoms with Crippen molar-refractivity contribution in [2.24, 2.45) is 0 Å². The minimum absolute atomic E-state index is 0.0220. The van der Waals surface area contributed by atoms with Crippen LogP contribution in [0.25, 0.3) is 22.8 Å². The quantitative estimate of drug-likeness (QED) is 0.655. The number of nitrogens with zero attached hydrogens (tertiary/aromatic N) is 3. The molecule has 7 nitrogen and oxygen atoms in total. The number of likely N-dealkylation sites (tertiary alicyclic amines) is 1. The first-order chi connectivity index (χ1) is 13.7. The van der Waals surface area contributed by atoms with Gasteiger partial charge in [-0.1, -0.05) is 47.6 Å². The summed E-state index contributed by atoms with van der Waals surface area (Å²) in [5, 5.41) is 4.08. The van der Waals surface area contributed by atoms with Crippen LogP contribution in [0.1, 0.15) is 6.42 Å². The Kier molecular flexibility index (Phi) is 5.34. The molecule has 28 heavy (non-hydrogen) atoms. The highest BCUT2D eigenvalue weighted by Gasteiger charge is 2.28. The third kappa shape index (κ3) is 3.89. The van der Waals surface area contributed by atoms with Crippen LogP contribution in [0, 0.1) is 0 Å². The number of carbonyl (C=O) groups excluding carboxylic acids is 1. The Balaban J connectivity index is 1.51. The zero-order valence-corrected chi connectivity index (χ0v) is 15.6. The Bertz CT molecular complexity index is 942. The highest BCUT2D eigenvalue weighted by Crippen LogP contribution is 2.31. The van der Waals surface area contributed by atoms with Crippen LogP contribution in [-0.4, -0.2) is 53.9 Å². The van der Waals surface area contributed by atoms with Crippen molar-refractivity contribution in [3.05, 3.63) is 54.6 Å². The average Bonchev–Trinajstić information content (AvgIpc) is 3.39. The van der Waals surface area contributed by atoms with E-state index >= 15 is 0 Å². The molecular formula is C21H21N3O4. The lowest BCUT2D eigenvalue weighted by Gasteiger charge is -2.17. The van der Waals surface area contributed by atoms with Gasteiger partial charge in [0, 0.05) is 25.6 Å². The third-order valence-electron chi connectivity index (χ3n) is 4.63. The summed E-state index contributed by atoms with van der Waals surface area (Å²) in [6, 6.07) is 17.2. The summed E-state index contributed by atoms with van der Waals surface area (Å²) in [5.41, 5.74) is 1.62. The molecule has 1 unspecified atom stereocenters. The smallest absolute Gasteiger partial charge is 0.262 e. The molecule has 2 aromatic carbocycles. The van der Waals surface area contributed by atoms with Crippen molar-refractivity contribution in [3.8, 4) is 28.6 Å². The monoisotopic (exact) mass is 379 g/mol. The first-order valence-electron chi connectivity index (χ1n) is 9.16. The highest BCUT2D eigenvalue weighted by molar-refractivity contribution is 5.77. The molecule has 1 saturated heterocycles. The standard InChI is InChI=1S/C21H21N3O4/c1-26-14-19(25)24-12-11-16(13-24)27-18-10-6-5-9-17(18)21-22-20(23-28-21)15-7-3-2-4-8-15/h2-10,16H,11-14H2,1H3. The van der Waals surface area contributed by atoms with Crippen LogP contribution in [0.5, 0.6) is 5.75 Å². The van der Waals surface area contributed by atoms with Gasteiger partial charge in [-0.2, -0.15) is 4.98 Å². The average molecular weight is 379 g/mol. The molecule has 1 aliphatic heterocycles. The molecule has 0 saturated carbocycles. The van der Waals surface area contributed by atoms with Gasteiger partial charge in [-0.05, 0) is 12.1 Å². The number of hydrogen-bond acceptors (Lipinski definition) is 6. The fraction of sp³-hybridized carbons (Fsp3) is 0.286. The minimum Gasteiger partial charge on any atom is -0.488 e. The third-order valence-corrected chi connectivity index (χ3v) is 4.63. The number of para-hydroxylation sites is 1. The molecule has 0 spiro atoms. The van der Waals surface area contributed by atoms with Crippen molar-refractivity contribution in [2.45, 2.75) is 12.5 Å². The minimum atomic E-state index is -0.0847. The maximum absolute atomic E-state index is 12.0. The van der Waals surface area contributed by atoms with Crippen molar-refractivity contribution in [1.82, 2.24) is 15.0 Å². The van der Waals surface area contributed by atoms with E-state index in [1.807, 2.05) is 54.6 Å². The second kappa shape index (κ2) is 8.22. The normalized spacial score (nSPS) is 16.3. The topological polar surface area (TPSA) is 77.7 Å². The predicted octanol–water partition coefficient (Wildman–Crippen LogP) is 3.03. The number of rotatable bonds is 6. The molecule has 4 rings (SSSR count). The SMILES string of the molecule is COCC(=O)N1CCC(Oc2ccccc2-c2nc(-c3ccccc3)no2)C1. The van der Waals surface area contributed by atoms with Crippen LogP contribution in [0.15, 0.2) is 59.1 Å². The molecule has 1 amide bonds. The van der Waals surface area contributed by atoms with Crippen LogP contribution in [-0.2, 0) is 9.53 Å². The van der Waals surface area contributed by atoms with E-state index in [0.717, 1.165) is 17.5 Å². The summed E-state index contributed by atoms with van der Waals surface area (Å²) in [5.74, 6) is 1.57. The van der Waals surface area contributed by atoms with Crippen molar-refractivity contribution in [2.75, 3.05) is 26.8 Å². The molecule has 2 heterocycles. The zero-order valence-electron chi connectivity index (χ0n) is 15.6. The summed E-state index contributed by atoms with van der Waals surface area (Å²) >= 11 is 0. The van der Waals surface area contributed by atoms with Crippen LogP contribution >= 0.6 is 0 Å². The van der Waals surface area contributed by atoms with Crippen molar-refractivity contribution < 1.29 is 18.8 Å². The van der Waals surface area contributed by atoms with Gasteiger partial charge < -0.3 is 18.9 Å². The lowest BCUT2D eigenvalue weighted by Crippen LogP contribution is -2.33. The van der Waals surface area contributed by atoms with E-state index in [2.05, 4.69) is 10.1 Å². The lowest BCUT2D eigenvalue weighted by molar-refractivity contribution is -0.134. The summed E-state index contributed by atoms with van der Waals surface area (Å²) in [6.45, 7) is 1.29. The first-order valence-corrected chi connectivity index (χ1v) is 9.16. The zero-order chi connectivity index (χ0) is 19.3. The Morgan fingerprint density at radius 1 is 1.18 bits per heavy atom. The Morgan fingerprint density at radius 3 is 2.79 bits per heavy atom. The van der Waals surface area contributed by atoms with E-state index in [0.29, 0.717) is 30.6 Å². The molecule has 0 N–H and O–H groups in total. The van der Waals surface area contributed by atoms with E-state index in [1.54, 1.807) is 4.90 Å². The van der Waals surface area contributed by atoms with Gasteiger partial charge in [-0.15, -0.1) is 0 Å². The van der Waals surface area contributed by atoms with Crippen LogP contribution in [0.4, 0.5) is 0 Å². The number of methoxy groups -OCH3 is 1. The molecule has 1 aromatic heterocycles. The molecule has 1 aliphatic rings. The van der Waals surface area contributed by atoms with E-state index in [1.165, 1.54) is 7.11 Å². The van der Waals surface area contributed by atoms with Gasteiger partial charge in [0.25, 0.3) is 5.89 Å². The number of benzene rings is 2. The van der Waals surface area contributed by atoms with Crippen LogP contribution in [0.2, 0.25) is 0 Å². The number of aromatic nitrogens is 2. The Labute approximate surface area is 162 Å². The van der Waals surface area contributed by atoms with E-state index in [-0.39, 0.29) is 18.6 Å². The summed E-state index contributed by atoms with van der Waals surface area (Å²) in [4.78, 5) is 18.3. The van der Waals surface area contributed by atoms with Gasteiger partial charge in [0.05, 0.1) is 12.1 Å². The van der Waals surface area contributed by atoms with E-state index in [9.17, 15) is 4.79 Å². The molecule has 1 fully saturated rings. The molecule has 144 valence electrons. The van der Waals surface area contributed by atoms with Gasteiger partial charge in [0.2, 0.25) is 11.7 Å². The maximum Gasteiger partial charge on any atom is 0.262 e. The van der Waals surface area contributed by atoms with Gasteiger partial charge in [-0.25, -0.2) is 0 Å². The molecule has 7 heteroatoms. The number of amides is 1. The van der Waals surface area contributed by atoms with Gasteiger partial charge >= 0.3 is 0 Å². The summed E-state index contributed by atoms with van der Waals surface area (Å²) in [7, 11) is 1.52. The second-order valence-corrected chi connectivity index (χ2v) is 6.59. The fourth-order valence-electron chi connectivity index (χ4n) is 3.23. The molecule has 3 aromatic rings. The van der Waals surface area contributed by atoms with Crippen molar-refractivity contribution in [3.63, 3.8) is 0 Å². The second-order valence-electron chi connectivity index (χ2n) is 6.59. The molecular weight excluding hydrogens is 358 g/mol. The molecule has 1 atom stereocenters. The maximum atomic E-state index is 12.0. The largest absolute Gasteiger partial charge is 0.488 e. The van der Waals surface area contributed by atoms with Gasteiger partial charge in [-0.3, -0.25) is 4.79 Å². The van der Waals surface area contributed by atoms with Gasteiger partial charge in [0.15, 0.2) is 0 Å². The first kappa shape index (κ1) is 18.2. The summed E-state index contributed by atoms with van der Waals surface area (Å²) in [6.07, 6.45) is 0.682. The van der Waals surface area contributed by atoms with Crippen molar-refractivity contribution >= 4 is 5.91 Å².